The topological polar surface area (TPSA) is 77.1 Å². The summed E-state index contributed by atoms with van der Waals surface area (Å²) in [6.45, 7) is 0. The Hall–Kier alpha value is -1.68. The Labute approximate surface area is 107 Å². The number of rotatable bonds is 2. The van der Waals surface area contributed by atoms with Crippen LogP contribution in [0.2, 0.25) is 0 Å². The van der Waals surface area contributed by atoms with E-state index in [0.29, 0.717) is 0 Å². The quantitative estimate of drug-likeness (QED) is 0.595. The van der Waals surface area contributed by atoms with Crippen LogP contribution in [0.5, 0.6) is 0 Å². The van der Waals surface area contributed by atoms with Crippen LogP contribution in [0.25, 0.3) is 12.2 Å². The standard InChI is InChI=1S/C13H11N.ClH.2H2O/c1-2-4-12(5-3-1)6-7-13-8-10-14-11-9-13;;;/h1-11H;1H;2*1H2/b7-6+;;;. The number of benzene rings is 1. The van der Waals surface area contributed by atoms with Gasteiger partial charge >= 0.3 is 0 Å². The molecule has 0 amide bonds. The maximum Gasteiger partial charge on any atom is 0.167 e. The molecule has 0 bridgehead atoms. The van der Waals surface area contributed by atoms with E-state index in [9.17, 15) is 0 Å². The van der Waals surface area contributed by atoms with Crippen molar-refractivity contribution in [3.63, 3.8) is 0 Å². The number of nitrogens with one attached hydrogen (secondary N) is 1. The average molecular weight is 254 g/mol. The third-order valence-corrected chi connectivity index (χ3v) is 2.01. The largest absolute Gasteiger partial charge is 1.00 e. The van der Waals surface area contributed by atoms with E-state index < -0.39 is 0 Å². The molecule has 0 fully saturated rings. The second-order valence-corrected chi connectivity index (χ2v) is 3.08. The molecule has 5 N–H and O–H groups in total. The zero-order valence-corrected chi connectivity index (χ0v) is 9.98. The van der Waals surface area contributed by atoms with E-state index in [1.807, 2.05) is 42.7 Å². The first-order chi connectivity index (χ1) is 6.95. The Morgan fingerprint density at radius 3 is 1.71 bits per heavy atom. The number of aromatic amines is 1. The summed E-state index contributed by atoms with van der Waals surface area (Å²) in [5.41, 5.74) is 2.42. The van der Waals surface area contributed by atoms with Crippen LogP contribution in [-0.4, -0.2) is 11.0 Å². The lowest BCUT2D eigenvalue weighted by atomic mass is 10.2. The van der Waals surface area contributed by atoms with Gasteiger partial charge in [-0.25, -0.2) is 4.98 Å². The highest BCUT2D eigenvalue weighted by molar-refractivity contribution is 5.68. The minimum Gasteiger partial charge on any atom is -1.00 e. The van der Waals surface area contributed by atoms with Gasteiger partial charge in [-0.3, -0.25) is 0 Å². The van der Waals surface area contributed by atoms with Gasteiger partial charge in [-0.2, -0.15) is 0 Å². The lowest BCUT2D eigenvalue weighted by Crippen LogP contribution is -3.00. The minimum absolute atomic E-state index is 0. The van der Waals surface area contributed by atoms with Crippen molar-refractivity contribution in [1.29, 1.82) is 0 Å². The van der Waals surface area contributed by atoms with Gasteiger partial charge in [0, 0.05) is 12.1 Å². The van der Waals surface area contributed by atoms with Gasteiger partial charge in [0.25, 0.3) is 0 Å². The minimum atomic E-state index is 0. The monoisotopic (exact) mass is 253 g/mol. The molecule has 0 aliphatic carbocycles. The summed E-state index contributed by atoms with van der Waals surface area (Å²) in [7, 11) is 0. The van der Waals surface area contributed by atoms with Crippen molar-refractivity contribution in [1.82, 2.24) is 0 Å². The average Bonchev–Trinajstić information content (AvgIpc) is 2.29. The highest BCUT2D eigenvalue weighted by atomic mass is 35.5. The van der Waals surface area contributed by atoms with E-state index in [2.05, 4.69) is 29.3 Å². The summed E-state index contributed by atoms with van der Waals surface area (Å²) in [4.78, 5) is 3.00. The summed E-state index contributed by atoms with van der Waals surface area (Å²) in [6.07, 6.45) is 8.05. The molecule has 1 aromatic carbocycles. The van der Waals surface area contributed by atoms with Crippen molar-refractivity contribution in [2.24, 2.45) is 0 Å². The second-order valence-electron chi connectivity index (χ2n) is 3.08. The summed E-state index contributed by atoms with van der Waals surface area (Å²) in [5.74, 6) is 0. The van der Waals surface area contributed by atoms with Crippen LogP contribution in [0.3, 0.4) is 0 Å². The highest BCUT2D eigenvalue weighted by Gasteiger charge is 1.87. The van der Waals surface area contributed by atoms with Gasteiger partial charge < -0.3 is 23.4 Å². The van der Waals surface area contributed by atoms with Gasteiger partial charge in [-0.1, -0.05) is 42.5 Å². The van der Waals surface area contributed by atoms with Crippen LogP contribution in [0.4, 0.5) is 0 Å². The predicted molar refractivity (Wildman–Crippen MR) is 65.6 cm³/mol. The Morgan fingerprint density at radius 1 is 0.706 bits per heavy atom. The molecular weight excluding hydrogens is 238 g/mol. The first-order valence-corrected chi connectivity index (χ1v) is 4.64. The summed E-state index contributed by atoms with van der Waals surface area (Å²) < 4.78 is 0. The number of aromatic nitrogens is 1. The van der Waals surface area contributed by atoms with Crippen LogP contribution >= 0.6 is 0 Å². The SMILES string of the molecule is C(=C\c1cc[nH+]cc1)/c1ccccc1.O.O.[Cl-]. The molecule has 2 rings (SSSR count). The van der Waals surface area contributed by atoms with Crippen molar-refractivity contribution in [2.75, 3.05) is 0 Å². The third-order valence-electron chi connectivity index (χ3n) is 2.01. The third kappa shape index (κ3) is 5.82. The van der Waals surface area contributed by atoms with Gasteiger partial charge in [-0.05, 0) is 11.1 Å². The van der Waals surface area contributed by atoms with Crippen molar-refractivity contribution < 1.29 is 28.3 Å². The van der Waals surface area contributed by atoms with Gasteiger partial charge in [0.05, 0.1) is 0 Å². The molecule has 0 saturated heterocycles. The van der Waals surface area contributed by atoms with Gasteiger partial charge in [0.15, 0.2) is 12.4 Å². The lowest BCUT2D eigenvalue weighted by Gasteiger charge is -1.91. The summed E-state index contributed by atoms with van der Waals surface area (Å²) in [6, 6.07) is 14.4. The molecule has 92 valence electrons. The molecule has 17 heavy (non-hydrogen) atoms. The number of hydrogen-bond acceptors (Lipinski definition) is 0. The molecule has 0 aliphatic heterocycles. The highest BCUT2D eigenvalue weighted by Crippen LogP contribution is 2.05. The molecule has 1 heterocycles. The molecule has 0 atom stereocenters. The fourth-order valence-electron chi connectivity index (χ4n) is 1.27. The molecule has 0 spiro atoms. The molecule has 4 heteroatoms. The smallest absolute Gasteiger partial charge is 0.167 e. The van der Waals surface area contributed by atoms with Crippen molar-refractivity contribution >= 4 is 12.2 Å². The molecular formula is C13H16ClNO2. The van der Waals surface area contributed by atoms with E-state index >= 15 is 0 Å². The van der Waals surface area contributed by atoms with E-state index in [4.69, 9.17) is 0 Å². The first kappa shape index (κ1) is 17.7. The molecule has 0 unspecified atom stereocenters. The molecule has 0 saturated carbocycles. The Bertz CT molecular complexity index is 376. The first-order valence-electron chi connectivity index (χ1n) is 4.64. The number of pyridine rings is 1. The molecule has 2 aromatic rings. The Morgan fingerprint density at radius 2 is 1.18 bits per heavy atom. The summed E-state index contributed by atoms with van der Waals surface area (Å²) >= 11 is 0. The van der Waals surface area contributed by atoms with Crippen molar-refractivity contribution in [3.8, 4) is 0 Å². The molecule has 0 aliphatic rings. The van der Waals surface area contributed by atoms with Crippen molar-refractivity contribution in [2.45, 2.75) is 0 Å². The summed E-state index contributed by atoms with van der Waals surface area (Å²) in [5, 5.41) is 0. The van der Waals surface area contributed by atoms with Crippen LogP contribution in [-0.2, 0) is 0 Å². The van der Waals surface area contributed by atoms with Crippen LogP contribution in [0.15, 0.2) is 54.9 Å². The van der Waals surface area contributed by atoms with Crippen LogP contribution in [0.1, 0.15) is 11.1 Å². The van der Waals surface area contributed by atoms with E-state index in [-0.39, 0.29) is 23.4 Å². The number of hydrogen-bond donors (Lipinski definition) is 0. The van der Waals surface area contributed by atoms with Gasteiger partial charge in [0.2, 0.25) is 0 Å². The van der Waals surface area contributed by atoms with Crippen molar-refractivity contribution in [3.05, 3.63) is 66.0 Å². The maximum atomic E-state index is 3.00. The van der Waals surface area contributed by atoms with Gasteiger partial charge in [0.1, 0.15) is 0 Å². The maximum absolute atomic E-state index is 3.00. The molecule has 3 nitrogen and oxygen atoms in total. The van der Waals surface area contributed by atoms with E-state index in [1.165, 1.54) is 11.1 Å². The number of halogens is 1. The fourth-order valence-corrected chi connectivity index (χ4v) is 1.27. The zero-order valence-electron chi connectivity index (χ0n) is 9.23. The normalized spacial score (nSPS) is 8.71. The van der Waals surface area contributed by atoms with E-state index in [0.717, 1.165) is 0 Å². The molecule has 1 aromatic heterocycles. The predicted octanol–water partition coefficient (Wildman–Crippen LogP) is -1.97. The molecule has 0 radical (unpaired) electrons. The van der Waals surface area contributed by atoms with Crippen LogP contribution < -0.4 is 17.4 Å². The van der Waals surface area contributed by atoms with Crippen LogP contribution in [0, 0.1) is 0 Å². The van der Waals surface area contributed by atoms with Gasteiger partial charge in [-0.15, -0.1) is 0 Å². The fraction of sp³-hybridized carbons (Fsp3) is 0. The lowest BCUT2D eigenvalue weighted by molar-refractivity contribution is -0.378. The Kier molecular flexibility index (Phi) is 9.94. The Balaban J connectivity index is 0. The second kappa shape index (κ2) is 9.54. The van der Waals surface area contributed by atoms with E-state index in [1.54, 1.807) is 0 Å². The zero-order chi connectivity index (χ0) is 9.64. The number of H-pyrrole nitrogens is 1.